The summed E-state index contributed by atoms with van der Waals surface area (Å²) < 4.78 is 7.38. The molecule has 170 valence electrons. The number of nitrogens with one attached hydrogen (secondary N) is 1. The highest BCUT2D eigenvalue weighted by Gasteiger charge is 2.29. The second-order valence-corrected chi connectivity index (χ2v) is 8.46. The highest BCUT2D eigenvalue weighted by atomic mass is 16.5. The molecular formula is C24H30N4O4. The first-order valence-corrected chi connectivity index (χ1v) is 11.2. The molecule has 1 aromatic carbocycles. The van der Waals surface area contributed by atoms with Crippen LogP contribution in [-0.4, -0.2) is 59.7 Å². The molecule has 2 aliphatic rings. The third kappa shape index (κ3) is 4.49. The first-order valence-electron chi connectivity index (χ1n) is 11.2. The number of anilines is 1. The molecule has 2 saturated heterocycles. The monoisotopic (exact) mass is 438 g/mol. The minimum atomic E-state index is -0.387. The van der Waals surface area contributed by atoms with Crippen molar-refractivity contribution in [3.05, 3.63) is 53.3 Å². The smallest absolute Gasteiger partial charge is 0.338 e. The number of nitrogens with zero attached hydrogens (tertiary/aromatic N) is 3. The van der Waals surface area contributed by atoms with Crippen molar-refractivity contribution in [3.8, 4) is 0 Å². The Morgan fingerprint density at radius 3 is 2.72 bits per heavy atom. The van der Waals surface area contributed by atoms with E-state index >= 15 is 0 Å². The Kier molecular flexibility index (Phi) is 6.48. The number of esters is 1. The molecule has 0 aliphatic carbocycles. The van der Waals surface area contributed by atoms with Gasteiger partial charge in [-0.15, -0.1) is 0 Å². The molecule has 0 radical (unpaired) electrons. The van der Waals surface area contributed by atoms with Crippen LogP contribution in [0.1, 0.15) is 52.1 Å². The summed E-state index contributed by atoms with van der Waals surface area (Å²) in [6, 6.07) is 8.90. The molecule has 0 spiro atoms. The second-order valence-electron chi connectivity index (χ2n) is 8.46. The van der Waals surface area contributed by atoms with E-state index in [-0.39, 0.29) is 30.6 Å². The van der Waals surface area contributed by atoms with Crippen LogP contribution in [-0.2, 0) is 11.8 Å². The predicted octanol–water partition coefficient (Wildman–Crippen LogP) is 3.10. The molecule has 3 amide bonds. The molecule has 1 atom stereocenters. The molecule has 2 fully saturated rings. The molecule has 4 rings (SSSR count). The van der Waals surface area contributed by atoms with Crippen LogP contribution in [0.15, 0.2) is 36.5 Å². The van der Waals surface area contributed by atoms with E-state index in [9.17, 15) is 14.4 Å². The average Bonchev–Trinajstić information content (AvgIpc) is 3.41. The molecule has 8 heteroatoms. The van der Waals surface area contributed by atoms with Crippen molar-refractivity contribution in [2.45, 2.75) is 38.6 Å². The van der Waals surface area contributed by atoms with Crippen molar-refractivity contribution in [1.82, 2.24) is 14.8 Å². The van der Waals surface area contributed by atoms with Crippen molar-refractivity contribution in [2.75, 3.05) is 31.1 Å². The number of rotatable bonds is 6. The normalized spacial score (nSPS) is 18.6. The molecular weight excluding hydrogens is 408 g/mol. The Labute approximate surface area is 188 Å². The number of carbonyl (C=O) groups is 3. The zero-order valence-electron chi connectivity index (χ0n) is 18.7. The molecule has 0 saturated carbocycles. The number of benzene rings is 1. The minimum Gasteiger partial charge on any atom is -0.462 e. The van der Waals surface area contributed by atoms with Crippen LogP contribution in [0.4, 0.5) is 10.5 Å². The van der Waals surface area contributed by atoms with Gasteiger partial charge in [-0.25, -0.2) is 9.59 Å². The number of urea groups is 1. The maximum atomic E-state index is 13.0. The van der Waals surface area contributed by atoms with Gasteiger partial charge in [-0.2, -0.15) is 0 Å². The van der Waals surface area contributed by atoms with E-state index in [1.807, 2.05) is 41.8 Å². The van der Waals surface area contributed by atoms with Crippen LogP contribution in [0.2, 0.25) is 0 Å². The third-order valence-corrected chi connectivity index (χ3v) is 6.32. The van der Waals surface area contributed by atoms with Crippen molar-refractivity contribution < 1.29 is 19.1 Å². The van der Waals surface area contributed by atoms with Gasteiger partial charge in [-0.1, -0.05) is 0 Å². The highest BCUT2D eigenvalue weighted by molar-refractivity contribution is 5.96. The lowest BCUT2D eigenvalue weighted by molar-refractivity contribution is 0.0406. The fourth-order valence-electron chi connectivity index (χ4n) is 4.56. The summed E-state index contributed by atoms with van der Waals surface area (Å²) in [7, 11) is 1.87. The van der Waals surface area contributed by atoms with Gasteiger partial charge in [-0.05, 0) is 62.1 Å². The van der Waals surface area contributed by atoms with Gasteiger partial charge in [0.2, 0.25) is 0 Å². The number of amides is 3. The number of hydrogen-bond acceptors (Lipinski definition) is 4. The SMILES string of the molecule is Cc1cc(C(=O)OCCC2CCCCN2C(=O)c2cccn2C)ccc1N1CCNC1=O. The molecule has 3 heterocycles. The van der Waals surface area contributed by atoms with Crippen LogP contribution < -0.4 is 10.2 Å². The molecule has 32 heavy (non-hydrogen) atoms. The van der Waals surface area contributed by atoms with Gasteiger partial charge in [-0.3, -0.25) is 9.69 Å². The Hall–Kier alpha value is -3.29. The van der Waals surface area contributed by atoms with Gasteiger partial charge in [0, 0.05) is 51.0 Å². The number of piperidine rings is 1. The Bertz CT molecular complexity index is 1020. The van der Waals surface area contributed by atoms with Crippen molar-refractivity contribution in [1.29, 1.82) is 0 Å². The molecule has 1 N–H and O–H groups in total. The first-order chi connectivity index (χ1) is 15.5. The maximum absolute atomic E-state index is 13.0. The van der Waals surface area contributed by atoms with Crippen LogP contribution in [0.3, 0.4) is 0 Å². The summed E-state index contributed by atoms with van der Waals surface area (Å²) in [5.41, 5.74) is 2.79. The third-order valence-electron chi connectivity index (χ3n) is 6.32. The number of carbonyl (C=O) groups excluding carboxylic acids is 3. The summed E-state index contributed by atoms with van der Waals surface area (Å²) in [5.74, 6) is -0.354. The van der Waals surface area contributed by atoms with Gasteiger partial charge in [0.25, 0.3) is 5.91 Å². The van der Waals surface area contributed by atoms with Crippen LogP contribution in [0, 0.1) is 6.92 Å². The highest BCUT2D eigenvalue weighted by Crippen LogP contribution is 2.24. The average molecular weight is 439 g/mol. The summed E-state index contributed by atoms with van der Waals surface area (Å²) in [5, 5.41) is 2.78. The zero-order valence-corrected chi connectivity index (χ0v) is 18.7. The van der Waals surface area contributed by atoms with Gasteiger partial charge in [0.05, 0.1) is 12.2 Å². The van der Waals surface area contributed by atoms with E-state index in [1.54, 1.807) is 23.1 Å². The standard InChI is InChI=1S/C24H30N4O4/c1-17-16-18(8-9-20(17)28-14-11-25-24(28)31)23(30)32-15-10-19-6-3-4-13-27(19)22(29)21-7-5-12-26(21)2/h5,7-9,12,16,19H,3-4,6,10-11,13-15H2,1-2H3,(H,25,31). The predicted molar refractivity (Wildman–Crippen MR) is 121 cm³/mol. The van der Waals surface area contributed by atoms with Crippen molar-refractivity contribution >= 4 is 23.6 Å². The maximum Gasteiger partial charge on any atom is 0.338 e. The van der Waals surface area contributed by atoms with E-state index in [1.165, 1.54) is 0 Å². The lowest BCUT2D eigenvalue weighted by Crippen LogP contribution is -2.44. The lowest BCUT2D eigenvalue weighted by Gasteiger charge is -2.35. The summed E-state index contributed by atoms with van der Waals surface area (Å²) in [6.07, 6.45) is 5.47. The fraction of sp³-hybridized carbons (Fsp3) is 0.458. The summed E-state index contributed by atoms with van der Waals surface area (Å²) in [4.78, 5) is 41.1. The number of aryl methyl sites for hydroxylation is 2. The number of aromatic nitrogens is 1. The number of likely N-dealkylation sites (tertiary alicyclic amines) is 1. The van der Waals surface area contributed by atoms with Crippen LogP contribution in [0.5, 0.6) is 0 Å². The van der Waals surface area contributed by atoms with Crippen LogP contribution in [0.25, 0.3) is 0 Å². The van der Waals surface area contributed by atoms with Crippen molar-refractivity contribution in [3.63, 3.8) is 0 Å². The largest absolute Gasteiger partial charge is 0.462 e. The molecule has 0 bridgehead atoms. The minimum absolute atomic E-state index is 0.0330. The lowest BCUT2D eigenvalue weighted by atomic mass is 9.99. The quantitative estimate of drug-likeness (QED) is 0.703. The van der Waals surface area contributed by atoms with E-state index in [0.29, 0.717) is 30.8 Å². The van der Waals surface area contributed by atoms with E-state index in [4.69, 9.17) is 4.74 Å². The summed E-state index contributed by atoms with van der Waals surface area (Å²) >= 11 is 0. The van der Waals surface area contributed by atoms with Gasteiger partial charge in [0.15, 0.2) is 0 Å². The van der Waals surface area contributed by atoms with Gasteiger partial charge >= 0.3 is 12.0 Å². The van der Waals surface area contributed by atoms with Gasteiger partial charge < -0.3 is 19.5 Å². The van der Waals surface area contributed by atoms with Gasteiger partial charge in [0.1, 0.15) is 5.69 Å². The molecule has 8 nitrogen and oxygen atoms in total. The van der Waals surface area contributed by atoms with E-state index < -0.39 is 0 Å². The number of ether oxygens (including phenoxy) is 1. The Balaban J connectivity index is 1.34. The Morgan fingerprint density at radius 1 is 1.19 bits per heavy atom. The van der Waals surface area contributed by atoms with E-state index in [2.05, 4.69) is 5.32 Å². The molecule has 1 aromatic heterocycles. The Morgan fingerprint density at radius 2 is 2.03 bits per heavy atom. The zero-order chi connectivity index (χ0) is 22.7. The fourth-order valence-corrected chi connectivity index (χ4v) is 4.56. The van der Waals surface area contributed by atoms with Crippen LogP contribution >= 0.6 is 0 Å². The topological polar surface area (TPSA) is 83.9 Å². The molecule has 1 unspecified atom stereocenters. The molecule has 2 aromatic rings. The molecule has 2 aliphatic heterocycles. The summed E-state index contributed by atoms with van der Waals surface area (Å²) in [6.45, 7) is 4.10. The van der Waals surface area contributed by atoms with Crippen molar-refractivity contribution in [2.24, 2.45) is 7.05 Å². The number of hydrogen-bond donors (Lipinski definition) is 1. The second kappa shape index (κ2) is 9.46. The first kappa shape index (κ1) is 21.9. The van der Waals surface area contributed by atoms with E-state index in [0.717, 1.165) is 37.1 Å².